The van der Waals surface area contributed by atoms with E-state index < -0.39 is 12.1 Å². The number of fused-ring (bicyclic) bond motifs is 2. The third-order valence-corrected chi connectivity index (χ3v) is 6.10. The number of hydrogen-bond donors (Lipinski definition) is 1. The van der Waals surface area contributed by atoms with Gasteiger partial charge in [-0.05, 0) is 32.4 Å². The summed E-state index contributed by atoms with van der Waals surface area (Å²) >= 11 is 1.45. The SMILES string of the molecule is Cc1sc2ncn(CC(=O)O[C@H](C)C(=O)c3c[nH]c4ccccc34)c(=O)c2c1C. The van der Waals surface area contributed by atoms with Crippen molar-refractivity contribution in [2.24, 2.45) is 0 Å². The van der Waals surface area contributed by atoms with Crippen LogP contribution in [0, 0.1) is 13.8 Å². The predicted molar refractivity (Wildman–Crippen MR) is 112 cm³/mol. The van der Waals surface area contributed by atoms with Crippen LogP contribution in [-0.2, 0) is 16.1 Å². The number of para-hydroxylation sites is 1. The number of carbonyl (C=O) groups is 2. The van der Waals surface area contributed by atoms with Gasteiger partial charge in [-0.1, -0.05) is 18.2 Å². The number of ketones is 1. The Morgan fingerprint density at radius 3 is 2.83 bits per heavy atom. The fourth-order valence-corrected chi connectivity index (χ4v) is 4.29. The zero-order valence-corrected chi connectivity index (χ0v) is 17.0. The molecule has 0 fully saturated rings. The summed E-state index contributed by atoms with van der Waals surface area (Å²) in [5, 5.41) is 1.29. The van der Waals surface area contributed by atoms with Crippen LogP contribution in [0.5, 0.6) is 0 Å². The number of aryl methyl sites for hydroxylation is 2. The van der Waals surface area contributed by atoms with Gasteiger partial charge in [-0.3, -0.25) is 19.0 Å². The van der Waals surface area contributed by atoms with Crippen LogP contribution in [0.2, 0.25) is 0 Å². The van der Waals surface area contributed by atoms with Crippen molar-refractivity contribution in [1.29, 1.82) is 0 Å². The minimum Gasteiger partial charge on any atom is -0.453 e. The van der Waals surface area contributed by atoms with Gasteiger partial charge in [0.25, 0.3) is 5.56 Å². The molecule has 3 aromatic heterocycles. The Bertz CT molecular complexity index is 1310. The van der Waals surface area contributed by atoms with Crippen LogP contribution >= 0.6 is 11.3 Å². The molecule has 29 heavy (non-hydrogen) atoms. The van der Waals surface area contributed by atoms with E-state index in [1.807, 2.05) is 38.1 Å². The maximum absolute atomic E-state index is 12.7. The van der Waals surface area contributed by atoms with Gasteiger partial charge in [0.2, 0.25) is 5.78 Å². The zero-order valence-electron chi connectivity index (χ0n) is 16.2. The second-order valence-electron chi connectivity index (χ2n) is 6.89. The lowest BCUT2D eigenvalue weighted by Crippen LogP contribution is -2.30. The van der Waals surface area contributed by atoms with Crippen LogP contribution in [0.3, 0.4) is 0 Å². The van der Waals surface area contributed by atoms with E-state index in [4.69, 9.17) is 4.74 Å². The normalized spacial score (nSPS) is 12.4. The van der Waals surface area contributed by atoms with Crippen molar-refractivity contribution in [2.45, 2.75) is 33.4 Å². The highest BCUT2D eigenvalue weighted by atomic mass is 32.1. The number of thiophene rings is 1. The number of esters is 1. The molecule has 148 valence electrons. The number of ether oxygens (including phenoxy) is 1. The molecule has 1 atom stereocenters. The molecule has 8 heteroatoms. The summed E-state index contributed by atoms with van der Waals surface area (Å²) < 4.78 is 6.52. The molecule has 0 spiro atoms. The van der Waals surface area contributed by atoms with Gasteiger partial charge >= 0.3 is 5.97 Å². The monoisotopic (exact) mass is 409 g/mol. The third kappa shape index (κ3) is 3.36. The van der Waals surface area contributed by atoms with Crippen molar-refractivity contribution in [3.8, 4) is 0 Å². The number of aromatic amines is 1. The Hall–Kier alpha value is -3.26. The smallest absolute Gasteiger partial charge is 0.326 e. The summed E-state index contributed by atoms with van der Waals surface area (Å²) in [4.78, 5) is 46.8. The molecule has 4 aromatic rings. The molecule has 4 rings (SSSR count). The van der Waals surface area contributed by atoms with E-state index >= 15 is 0 Å². The summed E-state index contributed by atoms with van der Waals surface area (Å²) in [6.07, 6.45) is 1.98. The van der Waals surface area contributed by atoms with Gasteiger partial charge in [-0.15, -0.1) is 11.3 Å². The van der Waals surface area contributed by atoms with Crippen LogP contribution in [0.4, 0.5) is 0 Å². The summed E-state index contributed by atoms with van der Waals surface area (Å²) in [7, 11) is 0. The Morgan fingerprint density at radius 2 is 2.03 bits per heavy atom. The fraction of sp³-hybridized carbons (Fsp3) is 0.238. The molecule has 0 aliphatic rings. The van der Waals surface area contributed by atoms with Crippen molar-refractivity contribution in [2.75, 3.05) is 0 Å². The molecule has 0 saturated heterocycles. The van der Waals surface area contributed by atoms with Gasteiger partial charge in [0, 0.05) is 27.5 Å². The molecule has 0 saturated carbocycles. The number of H-pyrrole nitrogens is 1. The largest absolute Gasteiger partial charge is 0.453 e. The van der Waals surface area contributed by atoms with Crippen LogP contribution in [0.15, 0.2) is 41.6 Å². The molecular formula is C21H19N3O4S. The number of hydrogen-bond acceptors (Lipinski definition) is 6. The maximum atomic E-state index is 12.7. The van der Waals surface area contributed by atoms with Crippen LogP contribution in [-0.4, -0.2) is 32.4 Å². The van der Waals surface area contributed by atoms with Crippen molar-refractivity contribution in [3.05, 3.63) is 63.1 Å². The van der Waals surface area contributed by atoms with Crippen molar-refractivity contribution < 1.29 is 14.3 Å². The minimum atomic E-state index is -0.973. The Labute approximate surface area is 170 Å². The van der Waals surface area contributed by atoms with Gasteiger partial charge in [-0.25, -0.2) is 4.98 Å². The average molecular weight is 409 g/mol. The van der Waals surface area contributed by atoms with E-state index in [0.29, 0.717) is 15.8 Å². The molecular weight excluding hydrogens is 390 g/mol. The number of rotatable bonds is 5. The van der Waals surface area contributed by atoms with Gasteiger partial charge in [-0.2, -0.15) is 0 Å². The minimum absolute atomic E-state index is 0.288. The van der Waals surface area contributed by atoms with Crippen molar-refractivity contribution >= 4 is 44.2 Å². The molecule has 1 N–H and O–H groups in total. The predicted octanol–water partition coefficient (Wildman–Crippen LogP) is 3.37. The maximum Gasteiger partial charge on any atom is 0.326 e. The van der Waals surface area contributed by atoms with Crippen molar-refractivity contribution in [1.82, 2.24) is 14.5 Å². The molecule has 1 aromatic carbocycles. The molecule has 0 amide bonds. The van der Waals surface area contributed by atoms with Gasteiger partial charge in [0.1, 0.15) is 11.4 Å². The third-order valence-electron chi connectivity index (χ3n) is 4.99. The van der Waals surface area contributed by atoms with Crippen LogP contribution in [0.25, 0.3) is 21.1 Å². The van der Waals surface area contributed by atoms with E-state index in [0.717, 1.165) is 21.3 Å². The highest BCUT2D eigenvalue weighted by Crippen LogP contribution is 2.25. The van der Waals surface area contributed by atoms with E-state index in [1.54, 1.807) is 6.20 Å². The number of nitrogens with one attached hydrogen (secondary N) is 1. The van der Waals surface area contributed by atoms with Gasteiger partial charge < -0.3 is 9.72 Å². The van der Waals surface area contributed by atoms with Gasteiger partial charge in [0.05, 0.1) is 11.7 Å². The lowest BCUT2D eigenvalue weighted by atomic mass is 10.1. The zero-order chi connectivity index (χ0) is 20.7. The Morgan fingerprint density at radius 1 is 1.28 bits per heavy atom. The average Bonchev–Trinajstić information content (AvgIpc) is 3.25. The van der Waals surface area contributed by atoms with Crippen LogP contribution in [0.1, 0.15) is 27.7 Å². The quantitative estimate of drug-likeness (QED) is 0.403. The van der Waals surface area contributed by atoms with Gasteiger partial charge in [0.15, 0.2) is 6.10 Å². The topological polar surface area (TPSA) is 94.1 Å². The Balaban J connectivity index is 1.52. The van der Waals surface area contributed by atoms with E-state index in [1.165, 1.54) is 29.2 Å². The number of aromatic nitrogens is 3. The first-order valence-corrected chi connectivity index (χ1v) is 9.93. The summed E-state index contributed by atoms with van der Waals surface area (Å²) in [6, 6.07) is 7.41. The lowest BCUT2D eigenvalue weighted by Gasteiger charge is -2.12. The molecule has 0 bridgehead atoms. The first-order valence-electron chi connectivity index (χ1n) is 9.11. The number of Topliss-reactive ketones (excluding diaryl/α,β-unsaturated/α-hetero) is 1. The summed E-state index contributed by atoms with van der Waals surface area (Å²) in [6.45, 7) is 5.01. The molecule has 0 aliphatic carbocycles. The van der Waals surface area contributed by atoms with E-state index in [9.17, 15) is 14.4 Å². The number of carbonyl (C=O) groups excluding carboxylic acids is 2. The van der Waals surface area contributed by atoms with Crippen LogP contribution < -0.4 is 5.56 Å². The van der Waals surface area contributed by atoms with E-state index in [-0.39, 0.29) is 17.9 Å². The molecule has 7 nitrogen and oxygen atoms in total. The highest BCUT2D eigenvalue weighted by molar-refractivity contribution is 7.18. The first-order chi connectivity index (χ1) is 13.9. The van der Waals surface area contributed by atoms with Crippen molar-refractivity contribution in [3.63, 3.8) is 0 Å². The fourth-order valence-electron chi connectivity index (χ4n) is 3.30. The number of benzene rings is 1. The number of nitrogens with zero attached hydrogens (tertiary/aromatic N) is 2. The second-order valence-corrected chi connectivity index (χ2v) is 8.09. The molecule has 0 unspecified atom stereocenters. The molecule has 0 radical (unpaired) electrons. The first kappa shape index (κ1) is 19.1. The molecule has 3 heterocycles. The standard InChI is InChI=1S/C21H19N3O4S/c1-11-13(3)29-20-18(11)21(27)24(10-23-20)9-17(25)28-12(2)19(26)15-8-22-16-7-5-4-6-14(15)16/h4-8,10,12,22H,9H2,1-3H3/t12-/m1/s1. The molecule has 0 aliphatic heterocycles. The van der Waals surface area contributed by atoms with E-state index in [2.05, 4.69) is 9.97 Å². The second kappa shape index (κ2) is 7.29. The lowest BCUT2D eigenvalue weighted by molar-refractivity contribution is -0.147. The summed E-state index contributed by atoms with van der Waals surface area (Å²) in [5.74, 6) is -0.973. The highest BCUT2D eigenvalue weighted by Gasteiger charge is 2.23. The Kier molecular flexibility index (Phi) is 4.79. The summed E-state index contributed by atoms with van der Waals surface area (Å²) in [5.41, 5.74) is 1.88.